The summed E-state index contributed by atoms with van der Waals surface area (Å²) in [5.41, 5.74) is 0. The molecule has 0 atom stereocenters. The molecular formula is C9H17N3. The van der Waals surface area contributed by atoms with Gasteiger partial charge in [0.2, 0.25) is 0 Å². The SMILES string of the molecule is CCCCc1n[nH]c(CCC)n1. The molecular weight excluding hydrogens is 150 g/mol. The van der Waals surface area contributed by atoms with Crippen molar-refractivity contribution in [3.63, 3.8) is 0 Å². The Morgan fingerprint density at radius 1 is 1.17 bits per heavy atom. The van der Waals surface area contributed by atoms with Crippen LogP contribution in [0, 0.1) is 0 Å². The third-order valence-corrected chi connectivity index (χ3v) is 1.82. The van der Waals surface area contributed by atoms with Gasteiger partial charge >= 0.3 is 0 Å². The molecule has 1 rings (SSSR count). The van der Waals surface area contributed by atoms with E-state index in [9.17, 15) is 0 Å². The minimum atomic E-state index is 0.973. The molecule has 0 aliphatic heterocycles. The summed E-state index contributed by atoms with van der Waals surface area (Å²) in [6, 6.07) is 0. The zero-order valence-electron chi connectivity index (χ0n) is 7.93. The van der Waals surface area contributed by atoms with E-state index < -0.39 is 0 Å². The van der Waals surface area contributed by atoms with Crippen LogP contribution in [0.25, 0.3) is 0 Å². The van der Waals surface area contributed by atoms with Gasteiger partial charge in [0.05, 0.1) is 0 Å². The maximum atomic E-state index is 4.37. The second-order valence-corrected chi connectivity index (χ2v) is 3.05. The maximum Gasteiger partial charge on any atom is 0.150 e. The topological polar surface area (TPSA) is 41.6 Å². The molecule has 1 N–H and O–H groups in total. The minimum absolute atomic E-state index is 0.973. The van der Waals surface area contributed by atoms with Gasteiger partial charge in [0.1, 0.15) is 5.82 Å². The van der Waals surface area contributed by atoms with Crippen molar-refractivity contribution in [2.45, 2.75) is 46.0 Å². The van der Waals surface area contributed by atoms with Crippen LogP contribution in [0.3, 0.4) is 0 Å². The maximum absolute atomic E-state index is 4.37. The number of aromatic nitrogens is 3. The molecule has 0 aliphatic carbocycles. The molecule has 1 aromatic heterocycles. The van der Waals surface area contributed by atoms with Crippen LogP contribution in [-0.4, -0.2) is 15.2 Å². The van der Waals surface area contributed by atoms with Crippen molar-refractivity contribution in [3.05, 3.63) is 11.6 Å². The fraction of sp³-hybridized carbons (Fsp3) is 0.778. The molecule has 1 heterocycles. The summed E-state index contributed by atoms with van der Waals surface area (Å²) in [5.74, 6) is 2.00. The third-order valence-electron chi connectivity index (χ3n) is 1.82. The van der Waals surface area contributed by atoms with Crippen LogP contribution in [-0.2, 0) is 12.8 Å². The highest BCUT2D eigenvalue weighted by Crippen LogP contribution is 2.00. The lowest BCUT2D eigenvalue weighted by Gasteiger charge is -1.89. The van der Waals surface area contributed by atoms with Gasteiger partial charge in [-0.15, -0.1) is 0 Å². The Kier molecular flexibility index (Phi) is 3.77. The molecule has 0 aliphatic rings. The highest BCUT2D eigenvalue weighted by Gasteiger charge is 2.00. The van der Waals surface area contributed by atoms with Gasteiger partial charge < -0.3 is 0 Å². The first-order valence-corrected chi connectivity index (χ1v) is 4.77. The van der Waals surface area contributed by atoms with Crippen molar-refractivity contribution in [3.8, 4) is 0 Å². The van der Waals surface area contributed by atoms with Gasteiger partial charge in [-0.1, -0.05) is 20.3 Å². The minimum Gasteiger partial charge on any atom is -0.263 e. The van der Waals surface area contributed by atoms with Crippen molar-refractivity contribution in [1.82, 2.24) is 15.2 Å². The number of unbranched alkanes of at least 4 members (excludes halogenated alkanes) is 1. The normalized spacial score (nSPS) is 10.5. The van der Waals surface area contributed by atoms with E-state index in [4.69, 9.17) is 0 Å². The summed E-state index contributed by atoms with van der Waals surface area (Å²) >= 11 is 0. The van der Waals surface area contributed by atoms with Gasteiger partial charge in [-0.2, -0.15) is 5.10 Å². The molecule has 0 aromatic carbocycles. The van der Waals surface area contributed by atoms with Crippen molar-refractivity contribution in [2.24, 2.45) is 0 Å². The number of hydrogen-bond acceptors (Lipinski definition) is 2. The lowest BCUT2D eigenvalue weighted by Crippen LogP contribution is -1.88. The number of nitrogens with zero attached hydrogens (tertiary/aromatic N) is 2. The van der Waals surface area contributed by atoms with E-state index in [2.05, 4.69) is 29.0 Å². The van der Waals surface area contributed by atoms with Crippen LogP contribution < -0.4 is 0 Å². The molecule has 3 nitrogen and oxygen atoms in total. The molecule has 0 radical (unpaired) electrons. The number of aromatic amines is 1. The van der Waals surface area contributed by atoms with E-state index >= 15 is 0 Å². The molecule has 0 bridgehead atoms. The molecule has 0 saturated carbocycles. The fourth-order valence-corrected chi connectivity index (χ4v) is 1.13. The third kappa shape index (κ3) is 2.64. The van der Waals surface area contributed by atoms with E-state index in [1.54, 1.807) is 0 Å². The van der Waals surface area contributed by atoms with Gasteiger partial charge in [-0.3, -0.25) is 5.10 Å². The monoisotopic (exact) mass is 167 g/mol. The Labute approximate surface area is 73.6 Å². The highest BCUT2D eigenvalue weighted by atomic mass is 15.2. The molecule has 3 heteroatoms. The lowest BCUT2D eigenvalue weighted by molar-refractivity contribution is 0.755. The summed E-state index contributed by atoms with van der Waals surface area (Å²) < 4.78 is 0. The van der Waals surface area contributed by atoms with Crippen molar-refractivity contribution < 1.29 is 0 Å². The first-order valence-electron chi connectivity index (χ1n) is 4.77. The van der Waals surface area contributed by atoms with Gasteiger partial charge in [0.15, 0.2) is 5.82 Å². The average molecular weight is 167 g/mol. The molecule has 1 aromatic rings. The first kappa shape index (κ1) is 9.23. The number of hydrogen-bond donors (Lipinski definition) is 1. The van der Waals surface area contributed by atoms with Gasteiger partial charge in [0.25, 0.3) is 0 Å². The second kappa shape index (κ2) is 4.91. The second-order valence-electron chi connectivity index (χ2n) is 3.05. The molecule has 0 spiro atoms. The van der Waals surface area contributed by atoms with Crippen molar-refractivity contribution in [2.75, 3.05) is 0 Å². The van der Waals surface area contributed by atoms with Crippen molar-refractivity contribution in [1.29, 1.82) is 0 Å². The van der Waals surface area contributed by atoms with Gasteiger partial charge in [-0.25, -0.2) is 4.98 Å². The Balaban J connectivity index is 2.41. The van der Waals surface area contributed by atoms with E-state index in [0.29, 0.717) is 0 Å². The number of H-pyrrole nitrogens is 1. The molecule has 0 fully saturated rings. The molecule has 0 unspecified atom stereocenters. The summed E-state index contributed by atoms with van der Waals surface area (Å²) in [5, 5.41) is 7.09. The van der Waals surface area contributed by atoms with Crippen LogP contribution in [0.2, 0.25) is 0 Å². The first-order chi connectivity index (χ1) is 5.86. The Bertz CT molecular complexity index is 217. The molecule has 12 heavy (non-hydrogen) atoms. The smallest absolute Gasteiger partial charge is 0.150 e. The van der Waals surface area contributed by atoms with E-state index in [-0.39, 0.29) is 0 Å². The predicted molar refractivity (Wildman–Crippen MR) is 49.0 cm³/mol. The van der Waals surface area contributed by atoms with Crippen LogP contribution >= 0.6 is 0 Å². The van der Waals surface area contributed by atoms with E-state index in [1.807, 2.05) is 0 Å². The van der Waals surface area contributed by atoms with Crippen LogP contribution in [0.15, 0.2) is 0 Å². The molecule has 0 amide bonds. The Morgan fingerprint density at radius 2 is 2.00 bits per heavy atom. The fourth-order valence-electron chi connectivity index (χ4n) is 1.13. The van der Waals surface area contributed by atoms with Gasteiger partial charge in [-0.05, 0) is 12.8 Å². The van der Waals surface area contributed by atoms with Crippen LogP contribution in [0.5, 0.6) is 0 Å². The highest BCUT2D eigenvalue weighted by molar-refractivity contribution is 4.90. The van der Waals surface area contributed by atoms with Gasteiger partial charge in [0, 0.05) is 12.8 Å². The standard InChI is InChI=1S/C9H17N3/c1-3-5-7-9-10-8(6-4-2)11-12-9/h3-7H2,1-2H3,(H,10,11,12). The predicted octanol–water partition coefficient (Wildman–Crippen LogP) is 2.10. The summed E-state index contributed by atoms with van der Waals surface area (Å²) in [6.07, 6.45) is 5.54. The largest absolute Gasteiger partial charge is 0.263 e. The number of nitrogens with one attached hydrogen (secondary N) is 1. The zero-order chi connectivity index (χ0) is 8.81. The Morgan fingerprint density at radius 3 is 2.67 bits per heavy atom. The summed E-state index contributed by atoms with van der Waals surface area (Å²) in [4.78, 5) is 4.37. The average Bonchev–Trinajstić information content (AvgIpc) is 2.50. The van der Waals surface area contributed by atoms with E-state index in [0.717, 1.165) is 30.9 Å². The molecule has 0 saturated heterocycles. The molecule has 68 valence electrons. The quantitative estimate of drug-likeness (QED) is 0.729. The Hall–Kier alpha value is -0.860. The summed E-state index contributed by atoms with van der Waals surface area (Å²) in [6.45, 7) is 4.33. The zero-order valence-corrected chi connectivity index (χ0v) is 7.93. The number of rotatable bonds is 5. The van der Waals surface area contributed by atoms with Crippen molar-refractivity contribution >= 4 is 0 Å². The summed E-state index contributed by atoms with van der Waals surface area (Å²) in [7, 11) is 0. The van der Waals surface area contributed by atoms with Crippen LogP contribution in [0.4, 0.5) is 0 Å². The van der Waals surface area contributed by atoms with E-state index in [1.165, 1.54) is 12.8 Å². The lowest BCUT2D eigenvalue weighted by atomic mass is 10.2. The number of aryl methyl sites for hydroxylation is 2. The van der Waals surface area contributed by atoms with Crippen LogP contribution in [0.1, 0.15) is 44.8 Å².